The van der Waals surface area contributed by atoms with Gasteiger partial charge in [0.25, 0.3) is 0 Å². The number of nitrogens with one attached hydrogen (secondary N) is 1. The van der Waals surface area contributed by atoms with Gasteiger partial charge in [-0.3, -0.25) is 0 Å². The molecule has 0 amide bonds. The van der Waals surface area contributed by atoms with Gasteiger partial charge in [0.05, 0.1) is 10.2 Å². The van der Waals surface area contributed by atoms with Crippen LogP contribution in [0.5, 0.6) is 0 Å². The Bertz CT molecular complexity index is 904. The van der Waals surface area contributed by atoms with Crippen LogP contribution in [0.25, 0.3) is 10.2 Å². The highest BCUT2D eigenvalue weighted by Gasteiger charge is 2.44. The van der Waals surface area contributed by atoms with E-state index in [4.69, 9.17) is 4.98 Å². The van der Waals surface area contributed by atoms with Gasteiger partial charge in [0.1, 0.15) is 12.1 Å². The van der Waals surface area contributed by atoms with Gasteiger partial charge in [0, 0.05) is 13.2 Å². The van der Waals surface area contributed by atoms with Crippen LogP contribution in [-0.4, -0.2) is 41.3 Å². The summed E-state index contributed by atoms with van der Waals surface area (Å²) in [6.45, 7) is 9.73. The van der Waals surface area contributed by atoms with Crippen molar-refractivity contribution in [2.75, 3.05) is 18.5 Å². The maximum absolute atomic E-state index is 10.8. The van der Waals surface area contributed by atoms with Gasteiger partial charge in [-0.05, 0) is 84.9 Å². The third-order valence-corrected chi connectivity index (χ3v) is 13.1. The van der Waals surface area contributed by atoms with E-state index in [9.17, 15) is 9.90 Å². The Kier molecular flexibility index (Phi) is 7.30. The number of aromatic nitrogens is 2. The minimum Gasteiger partial charge on any atom is -0.432 e. The molecule has 0 saturated heterocycles. The predicted octanol–water partition coefficient (Wildman–Crippen LogP) is 6.15. The molecule has 0 aromatic carbocycles. The van der Waals surface area contributed by atoms with E-state index >= 15 is 0 Å². The zero-order valence-corrected chi connectivity index (χ0v) is 22.0. The van der Waals surface area contributed by atoms with E-state index in [1.807, 2.05) is 13.1 Å². The fourth-order valence-electron chi connectivity index (χ4n) is 5.76. The molecule has 2 aliphatic rings. The van der Waals surface area contributed by atoms with Gasteiger partial charge in [0.15, 0.2) is 8.32 Å². The number of rotatable bonds is 8. The average molecular weight is 476 g/mol. The van der Waals surface area contributed by atoms with Gasteiger partial charge in [-0.2, -0.15) is 0 Å². The molecule has 3 atom stereocenters. The Balaban J connectivity index is 1.50. The minimum absolute atomic E-state index is 0.0604. The van der Waals surface area contributed by atoms with E-state index in [2.05, 4.69) is 29.5 Å². The van der Waals surface area contributed by atoms with Crippen LogP contribution in [0.3, 0.4) is 0 Å². The molecule has 2 aliphatic carbocycles. The first-order valence-corrected chi connectivity index (χ1v) is 16.3. The summed E-state index contributed by atoms with van der Waals surface area (Å²) in [7, 11) is -2.27. The van der Waals surface area contributed by atoms with Crippen molar-refractivity contribution in [3.8, 4) is 0 Å². The molecule has 3 N–H and O–H groups in total. The lowest BCUT2D eigenvalue weighted by molar-refractivity contribution is 0.180. The van der Waals surface area contributed by atoms with Crippen LogP contribution < -0.4 is 5.32 Å². The van der Waals surface area contributed by atoms with Crippen LogP contribution >= 0.6 is 11.3 Å². The predicted molar refractivity (Wildman–Crippen MR) is 137 cm³/mol. The second-order valence-electron chi connectivity index (χ2n) is 11.5. The largest absolute Gasteiger partial charge is 0.432 e. The molecule has 0 bridgehead atoms. The number of thiophene rings is 1. The Morgan fingerprint density at radius 3 is 2.53 bits per heavy atom. The lowest BCUT2D eigenvalue weighted by atomic mass is 9.88. The number of fused-ring (bicyclic) bond motifs is 1. The lowest BCUT2D eigenvalue weighted by Crippen LogP contribution is -2.40. The zero-order chi connectivity index (χ0) is 22.9. The Morgan fingerprint density at radius 1 is 1.12 bits per heavy atom. The Labute approximate surface area is 198 Å². The van der Waals surface area contributed by atoms with E-state index in [0.29, 0.717) is 17.8 Å². The first-order valence-electron chi connectivity index (χ1n) is 12.5. The molecule has 5 nitrogen and oxygen atoms in total. The molecule has 178 valence electrons. The van der Waals surface area contributed by atoms with E-state index in [1.165, 1.54) is 42.4 Å². The van der Waals surface area contributed by atoms with Gasteiger partial charge in [-0.25, -0.2) is 9.97 Å². The summed E-state index contributed by atoms with van der Waals surface area (Å²) in [6, 6.07) is 0. The highest BCUT2D eigenvalue weighted by molar-refractivity contribution is 7.18. The van der Waals surface area contributed by atoms with Crippen molar-refractivity contribution in [2.24, 2.45) is 17.8 Å². The van der Waals surface area contributed by atoms with Crippen molar-refractivity contribution in [3.05, 3.63) is 17.3 Å². The Morgan fingerprint density at radius 2 is 1.84 bits per heavy atom. The summed E-state index contributed by atoms with van der Waals surface area (Å²) in [6.07, 6.45) is 11.5. The molecule has 0 aliphatic heterocycles. The number of aliphatic hydroxyl groups excluding tert-OH is 1. The third-order valence-electron chi connectivity index (χ3n) is 8.61. The minimum atomic E-state index is -2.27. The number of hydrogen-bond acceptors (Lipinski definition) is 6. The first-order chi connectivity index (χ1) is 15.2. The van der Waals surface area contributed by atoms with Crippen molar-refractivity contribution in [2.45, 2.75) is 89.3 Å². The molecule has 0 spiro atoms. The second-order valence-corrected chi connectivity index (χ2v) is 16.8. The molecule has 4 rings (SSSR count). The molecular formula is C25H41N3O2SSi. The van der Waals surface area contributed by atoms with E-state index in [1.54, 1.807) is 17.7 Å². The van der Waals surface area contributed by atoms with E-state index in [0.717, 1.165) is 43.1 Å². The molecule has 2 heterocycles. The van der Waals surface area contributed by atoms with Gasteiger partial charge in [-0.1, -0.05) is 33.1 Å². The maximum atomic E-state index is 10.8. The van der Waals surface area contributed by atoms with Crippen molar-refractivity contribution in [3.63, 3.8) is 0 Å². The molecule has 2 saturated carbocycles. The van der Waals surface area contributed by atoms with Gasteiger partial charge in [-0.15, -0.1) is 11.3 Å². The number of anilines is 1. The molecule has 0 unspecified atom stereocenters. The van der Waals surface area contributed by atoms with Crippen LogP contribution in [0, 0.1) is 17.8 Å². The fraction of sp³-hybridized carbons (Fsp3) is 0.760. The standard InChI is InChI=1S/C25H41N3O2SSi/c1-25(2,32(3,4)30)12-19-10-18(11-20(19)14-29)21-15-31-23-22(21)27-16-28-24(23)26-13-17-8-6-5-7-9-17/h15-20,29-30H,5-14H2,1-4H3,(H,26,27,28)/t18-,19+,20-/m0/s1. The summed E-state index contributed by atoms with van der Waals surface area (Å²) in [4.78, 5) is 20.1. The fourth-order valence-corrected chi connectivity index (χ4v) is 7.59. The summed E-state index contributed by atoms with van der Waals surface area (Å²) in [5.74, 6) is 2.92. The van der Waals surface area contributed by atoms with Crippen molar-refractivity contribution in [1.82, 2.24) is 9.97 Å². The molecule has 2 aromatic rings. The molecule has 7 heteroatoms. The molecular weight excluding hydrogens is 434 g/mol. The van der Waals surface area contributed by atoms with Crippen molar-refractivity contribution in [1.29, 1.82) is 0 Å². The van der Waals surface area contributed by atoms with Crippen molar-refractivity contribution >= 4 is 35.7 Å². The molecule has 2 fully saturated rings. The monoisotopic (exact) mass is 475 g/mol. The van der Waals surface area contributed by atoms with E-state index < -0.39 is 8.32 Å². The van der Waals surface area contributed by atoms with Crippen molar-refractivity contribution < 1.29 is 9.90 Å². The van der Waals surface area contributed by atoms with E-state index in [-0.39, 0.29) is 11.6 Å². The summed E-state index contributed by atoms with van der Waals surface area (Å²) in [5.41, 5.74) is 2.42. The third kappa shape index (κ3) is 5.06. The second kappa shape index (κ2) is 9.69. The van der Waals surface area contributed by atoms with Gasteiger partial charge >= 0.3 is 0 Å². The maximum Gasteiger partial charge on any atom is 0.188 e. The molecule has 2 aromatic heterocycles. The number of hydrogen-bond donors (Lipinski definition) is 3. The first kappa shape index (κ1) is 24.1. The molecule has 32 heavy (non-hydrogen) atoms. The zero-order valence-electron chi connectivity index (χ0n) is 20.2. The van der Waals surface area contributed by atoms with Gasteiger partial charge < -0.3 is 15.2 Å². The Hall–Kier alpha value is -1.02. The highest BCUT2D eigenvalue weighted by Crippen LogP contribution is 2.52. The highest BCUT2D eigenvalue weighted by atomic mass is 32.1. The smallest absolute Gasteiger partial charge is 0.188 e. The lowest BCUT2D eigenvalue weighted by Gasteiger charge is -2.38. The number of nitrogens with zero attached hydrogens (tertiary/aromatic N) is 2. The van der Waals surface area contributed by atoms with Crippen LogP contribution in [0.1, 0.15) is 76.7 Å². The number of aliphatic hydroxyl groups is 1. The van der Waals surface area contributed by atoms with Crippen LogP contribution in [0.4, 0.5) is 5.82 Å². The van der Waals surface area contributed by atoms with Crippen LogP contribution in [-0.2, 0) is 0 Å². The normalized spacial score (nSPS) is 25.5. The quantitative estimate of drug-likeness (QED) is 0.399. The topological polar surface area (TPSA) is 78.3 Å². The summed E-state index contributed by atoms with van der Waals surface area (Å²) in [5, 5.41) is 16.0. The summed E-state index contributed by atoms with van der Waals surface area (Å²) < 4.78 is 1.17. The SMILES string of the molecule is CC(C)(C[C@H]1C[C@H](c2csc3c(NCC4CCCCC4)ncnc23)C[C@H]1CO)[Si](C)(C)O. The van der Waals surface area contributed by atoms with Gasteiger partial charge in [0.2, 0.25) is 0 Å². The van der Waals surface area contributed by atoms with Crippen LogP contribution in [0.2, 0.25) is 18.1 Å². The van der Waals surface area contributed by atoms with Crippen LogP contribution in [0.15, 0.2) is 11.7 Å². The summed E-state index contributed by atoms with van der Waals surface area (Å²) >= 11 is 1.76. The average Bonchev–Trinajstić information content (AvgIpc) is 3.35. The molecule has 0 radical (unpaired) electrons.